The number of phenolic OH excluding ortho intramolecular Hbond substituents is 1. The maximum atomic E-state index is 10.5. The lowest BCUT2D eigenvalue weighted by atomic mass is 9.91. The molecule has 0 bridgehead atoms. The smallest absolute Gasteiger partial charge is 0.150 e. The molecule has 3 N–H and O–H groups in total. The van der Waals surface area contributed by atoms with E-state index in [0.717, 1.165) is 0 Å². The SMILES string of the molecule is O=Cc1ccc(O)c([C@]2(O)CCN2)c1. The minimum absolute atomic E-state index is 0.00491. The van der Waals surface area contributed by atoms with Gasteiger partial charge in [-0.25, -0.2) is 0 Å². The molecule has 1 atom stereocenters. The largest absolute Gasteiger partial charge is 0.508 e. The molecule has 0 amide bonds. The third-order valence-electron chi connectivity index (χ3n) is 2.51. The highest BCUT2D eigenvalue weighted by molar-refractivity contribution is 5.75. The van der Waals surface area contributed by atoms with Crippen molar-refractivity contribution < 1.29 is 15.0 Å². The van der Waals surface area contributed by atoms with Crippen LogP contribution in [0.1, 0.15) is 22.3 Å². The number of nitrogens with one attached hydrogen (secondary N) is 1. The Morgan fingerprint density at radius 1 is 1.50 bits per heavy atom. The number of carbonyl (C=O) groups is 1. The number of aliphatic hydroxyl groups is 1. The molecule has 0 aromatic heterocycles. The van der Waals surface area contributed by atoms with Gasteiger partial charge in [-0.15, -0.1) is 0 Å². The standard InChI is InChI=1S/C10H11NO3/c12-6-7-1-2-9(13)8(5-7)10(14)3-4-11-10/h1-2,5-6,11,13-14H,3-4H2/t10-/m1/s1. The zero-order chi connectivity index (χ0) is 10.2. The molecule has 0 saturated carbocycles. The molecule has 14 heavy (non-hydrogen) atoms. The van der Waals surface area contributed by atoms with Gasteiger partial charge >= 0.3 is 0 Å². The fraction of sp³-hybridized carbons (Fsp3) is 0.300. The fourth-order valence-corrected chi connectivity index (χ4v) is 1.55. The van der Waals surface area contributed by atoms with Gasteiger partial charge in [0.25, 0.3) is 0 Å². The number of carbonyl (C=O) groups excluding carboxylic acids is 1. The summed E-state index contributed by atoms with van der Waals surface area (Å²) in [6, 6.07) is 4.42. The van der Waals surface area contributed by atoms with Crippen LogP contribution in [0.5, 0.6) is 5.75 Å². The summed E-state index contributed by atoms with van der Waals surface area (Å²) in [6.45, 7) is 0.710. The Bertz CT molecular complexity index is 372. The molecule has 4 heteroatoms. The molecule has 0 unspecified atom stereocenters. The third kappa shape index (κ3) is 1.29. The fourth-order valence-electron chi connectivity index (χ4n) is 1.55. The minimum atomic E-state index is -1.16. The summed E-state index contributed by atoms with van der Waals surface area (Å²) in [5.74, 6) is 0.00491. The van der Waals surface area contributed by atoms with E-state index in [2.05, 4.69) is 5.32 Å². The lowest BCUT2D eigenvalue weighted by Crippen LogP contribution is -2.54. The molecule has 74 valence electrons. The number of hydrogen-bond donors (Lipinski definition) is 3. The molecule has 1 saturated heterocycles. The van der Waals surface area contributed by atoms with Crippen molar-refractivity contribution in [3.8, 4) is 5.75 Å². The molecule has 2 rings (SSSR count). The van der Waals surface area contributed by atoms with Crippen molar-refractivity contribution in [1.29, 1.82) is 0 Å². The predicted octanol–water partition coefficient (Wildman–Crippen LogP) is 0.343. The summed E-state index contributed by atoms with van der Waals surface area (Å²) in [6.07, 6.45) is 1.23. The van der Waals surface area contributed by atoms with Crippen LogP contribution in [-0.2, 0) is 5.72 Å². The van der Waals surface area contributed by atoms with Crippen molar-refractivity contribution in [3.63, 3.8) is 0 Å². The van der Waals surface area contributed by atoms with E-state index in [1.54, 1.807) is 0 Å². The minimum Gasteiger partial charge on any atom is -0.508 e. The summed E-state index contributed by atoms with van der Waals surface area (Å²) in [5, 5.41) is 22.2. The maximum absolute atomic E-state index is 10.5. The first-order valence-corrected chi connectivity index (χ1v) is 4.42. The van der Waals surface area contributed by atoms with Crippen molar-refractivity contribution in [1.82, 2.24) is 5.32 Å². The first-order valence-electron chi connectivity index (χ1n) is 4.42. The lowest BCUT2D eigenvalue weighted by molar-refractivity contribution is -0.0622. The van der Waals surface area contributed by atoms with Gasteiger partial charge in [-0.05, 0) is 18.2 Å². The Balaban J connectivity index is 2.45. The first kappa shape index (κ1) is 9.18. The van der Waals surface area contributed by atoms with E-state index in [0.29, 0.717) is 30.4 Å². The van der Waals surface area contributed by atoms with Crippen molar-refractivity contribution in [2.24, 2.45) is 0 Å². The van der Waals surface area contributed by atoms with Crippen LogP contribution >= 0.6 is 0 Å². The Morgan fingerprint density at radius 3 is 2.71 bits per heavy atom. The second-order valence-electron chi connectivity index (χ2n) is 3.43. The number of rotatable bonds is 2. The number of benzene rings is 1. The summed E-state index contributed by atoms with van der Waals surface area (Å²) in [4.78, 5) is 10.5. The Labute approximate surface area is 81.2 Å². The van der Waals surface area contributed by atoms with Gasteiger partial charge in [0.2, 0.25) is 0 Å². The van der Waals surface area contributed by atoms with Crippen LogP contribution < -0.4 is 5.32 Å². The first-order chi connectivity index (χ1) is 6.65. The number of hydrogen-bond acceptors (Lipinski definition) is 4. The highest BCUT2D eigenvalue weighted by Crippen LogP contribution is 2.34. The zero-order valence-corrected chi connectivity index (χ0v) is 7.53. The molecule has 1 fully saturated rings. The normalized spacial score (nSPS) is 25.5. The molecule has 1 heterocycles. The summed E-state index contributed by atoms with van der Waals surface area (Å²) in [5.41, 5.74) is -0.350. The van der Waals surface area contributed by atoms with Crippen molar-refractivity contribution in [2.45, 2.75) is 12.1 Å². The van der Waals surface area contributed by atoms with Crippen LogP contribution in [0, 0.1) is 0 Å². The van der Waals surface area contributed by atoms with E-state index < -0.39 is 5.72 Å². The monoisotopic (exact) mass is 193 g/mol. The summed E-state index contributed by atoms with van der Waals surface area (Å²) in [7, 11) is 0. The molecule has 1 aromatic rings. The van der Waals surface area contributed by atoms with Gasteiger partial charge in [0.15, 0.2) is 0 Å². The van der Waals surface area contributed by atoms with E-state index in [4.69, 9.17) is 0 Å². The Hall–Kier alpha value is -1.39. The van der Waals surface area contributed by atoms with Crippen LogP contribution in [0.25, 0.3) is 0 Å². The van der Waals surface area contributed by atoms with Gasteiger partial charge in [0.05, 0.1) is 0 Å². The van der Waals surface area contributed by atoms with Gasteiger partial charge in [0, 0.05) is 24.1 Å². The summed E-state index contributed by atoms with van der Waals surface area (Å²) < 4.78 is 0. The number of aldehydes is 1. The second-order valence-corrected chi connectivity index (χ2v) is 3.43. The predicted molar refractivity (Wildman–Crippen MR) is 50.0 cm³/mol. The highest BCUT2D eigenvalue weighted by Gasteiger charge is 2.37. The van der Waals surface area contributed by atoms with Crippen LogP contribution in [0.3, 0.4) is 0 Å². The Kier molecular flexibility index (Phi) is 2.02. The zero-order valence-electron chi connectivity index (χ0n) is 7.53. The highest BCUT2D eigenvalue weighted by atomic mass is 16.3. The molecule has 0 aliphatic carbocycles. The van der Waals surface area contributed by atoms with Gasteiger partial charge in [-0.2, -0.15) is 0 Å². The molecule has 4 nitrogen and oxygen atoms in total. The molecular formula is C10H11NO3. The van der Waals surface area contributed by atoms with Gasteiger partial charge in [-0.1, -0.05) is 0 Å². The maximum Gasteiger partial charge on any atom is 0.150 e. The molecule has 1 aromatic carbocycles. The molecule has 1 aliphatic heterocycles. The van der Waals surface area contributed by atoms with Crippen molar-refractivity contribution in [2.75, 3.05) is 6.54 Å². The summed E-state index contributed by atoms with van der Waals surface area (Å²) >= 11 is 0. The van der Waals surface area contributed by atoms with Gasteiger partial charge in [-0.3, -0.25) is 10.1 Å². The second kappa shape index (κ2) is 3.08. The van der Waals surface area contributed by atoms with Crippen LogP contribution in [0.4, 0.5) is 0 Å². The molecule has 0 spiro atoms. The lowest BCUT2D eigenvalue weighted by Gasteiger charge is -2.38. The van der Waals surface area contributed by atoms with E-state index in [9.17, 15) is 15.0 Å². The molecule has 1 aliphatic rings. The van der Waals surface area contributed by atoms with Crippen LogP contribution in [0.2, 0.25) is 0 Å². The molecular weight excluding hydrogens is 182 g/mol. The van der Waals surface area contributed by atoms with Gasteiger partial charge < -0.3 is 10.2 Å². The van der Waals surface area contributed by atoms with Crippen LogP contribution in [-0.4, -0.2) is 23.0 Å². The van der Waals surface area contributed by atoms with E-state index in [-0.39, 0.29) is 5.75 Å². The van der Waals surface area contributed by atoms with E-state index in [1.807, 2.05) is 0 Å². The van der Waals surface area contributed by atoms with E-state index >= 15 is 0 Å². The van der Waals surface area contributed by atoms with Crippen molar-refractivity contribution in [3.05, 3.63) is 29.3 Å². The number of aromatic hydroxyl groups is 1. The molecule has 0 radical (unpaired) electrons. The average Bonchev–Trinajstić information content (AvgIpc) is 2.15. The van der Waals surface area contributed by atoms with Crippen LogP contribution in [0.15, 0.2) is 18.2 Å². The third-order valence-corrected chi connectivity index (χ3v) is 2.51. The Morgan fingerprint density at radius 2 is 2.21 bits per heavy atom. The van der Waals surface area contributed by atoms with Gasteiger partial charge in [0.1, 0.15) is 17.8 Å². The van der Waals surface area contributed by atoms with E-state index in [1.165, 1.54) is 18.2 Å². The quantitative estimate of drug-likeness (QED) is 0.592. The average molecular weight is 193 g/mol. The number of phenols is 1. The topological polar surface area (TPSA) is 69.6 Å². The van der Waals surface area contributed by atoms with Crippen molar-refractivity contribution >= 4 is 6.29 Å².